The number of terminal acetylenes is 1. The van der Waals surface area contributed by atoms with Crippen molar-refractivity contribution in [1.82, 2.24) is 14.9 Å². The maximum atomic E-state index is 12.1. The normalized spacial score (nSPS) is 15.0. The van der Waals surface area contributed by atoms with E-state index in [2.05, 4.69) is 21.9 Å². The summed E-state index contributed by atoms with van der Waals surface area (Å²) in [4.78, 5) is 16.9. The van der Waals surface area contributed by atoms with Crippen LogP contribution in [0.3, 0.4) is 0 Å². The SMILES string of the molecule is C#CCn1c(CCCCCNC(=O)C2CCCCC2)nc2ccccc21. The zero-order valence-corrected chi connectivity index (χ0v) is 15.5. The fourth-order valence-corrected chi connectivity index (χ4v) is 3.89. The van der Waals surface area contributed by atoms with Gasteiger partial charge in [0.1, 0.15) is 5.82 Å². The predicted molar refractivity (Wildman–Crippen MR) is 106 cm³/mol. The molecule has 0 aliphatic heterocycles. The van der Waals surface area contributed by atoms with Gasteiger partial charge in [0.2, 0.25) is 5.91 Å². The summed E-state index contributed by atoms with van der Waals surface area (Å²) in [5.74, 6) is 4.32. The average Bonchev–Trinajstić information content (AvgIpc) is 3.03. The molecule has 1 fully saturated rings. The third-order valence-corrected chi connectivity index (χ3v) is 5.34. The van der Waals surface area contributed by atoms with E-state index in [1.54, 1.807) is 0 Å². The molecule has 3 rings (SSSR count). The molecular weight excluding hydrogens is 322 g/mol. The van der Waals surface area contributed by atoms with Gasteiger partial charge in [0.25, 0.3) is 0 Å². The van der Waals surface area contributed by atoms with Crippen molar-refractivity contribution < 1.29 is 4.79 Å². The maximum absolute atomic E-state index is 12.1. The van der Waals surface area contributed by atoms with Crippen molar-refractivity contribution in [3.05, 3.63) is 30.1 Å². The second-order valence-electron chi connectivity index (χ2n) is 7.24. The molecule has 0 unspecified atom stereocenters. The van der Waals surface area contributed by atoms with Crippen LogP contribution in [0.25, 0.3) is 11.0 Å². The van der Waals surface area contributed by atoms with Crippen molar-refractivity contribution in [2.75, 3.05) is 6.54 Å². The number of aryl methyl sites for hydroxylation is 1. The van der Waals surface area contributed by atoms with Crippen molar-refractivity contribution in [3.63, 3.8) is 0 Å². The van der Waals surface area contributed by atoms with Crippen molar-refractivity contribution >= 4 is 16.9 Å². The number of rotatable bonds is 8. The second-order valence-corrected chi connectivity index (χ2v) is 7.24. The Labute approximate surface area is 156 Å². The van der Waals surface area contributed by atoms with Crippen molar-refractivity contribution in [3.8, 4) is 12.3 Å². The minimum atomic E-state index is 0.257. The van der Waals surface area contributed by atoms with Crippen LogP contribution < -0.4 is 5.32 Å². The molecule has 0 atom stereocenters. The predicted octanol–water partition coefficient (Wildman–Crippen LogP) is 4.08. The van der Waals surface area contributed by atoms with Gasteiger partial charge < -0.3 is 9.88 Å². The molecule has 26 heavy (non-hydrogen) atoms. The standard InChI is InChI=1S/C22H29N3O/c1-2-17-25-20-14-9-8-13-19(20)24-21(25)15-7-4-10-16-23-22(26)18-11-5-3-6-12-18/h1,8-9,13-14,18H,3-7,10-12,15-17H2,(H,23,26). The van der Waals surface area contributed by atoms with Crippen molar-refractivity contribution in [1.29, 1.82) is 0 Å². The lowest BCUT2D eigenvalue weighted by molar-refractivity contribution is -0.125. The highest BCUT2D eigenvalue weighted by molar-refractivity contribution is 5.78. The van der Waals surface area contributed by atoms with Crippen LogP contribution in [0, 0.1) is 18.3 Å². The molecule has 1 aromatic heterocycles. The molecule has 1 N–H and O–H groups in total. The van der Waals surface area contributed by atoms with Crippen LogP contribution in [0.1, 0.15) is 57.2 Å². The number of hydrogen-bond acceptors (Lipinski definition) is 2. The Morgan fingerprint density at radius 2 is 2.00 bits per heavy atom. The minimum Gasteiger partial charge on any atom is -0.356 e. The fourth-order valence-electron chi connectivity index (χ4n) is 3.89. The van der Waals surface area contributed by atoms with E-state index in [0.717, 1.165) is 61.9 Å². The van der Waals surface area contributed by atoms with Gasteiger partial charge in [0.15, 0.2) is 0 Å². The van der Waals surface area contributed by atoms with Gasteiger partial charge in [-0.1, -0.05) is 43.7 Å². The quantitative estimate of drug-likeness (QED) is 0.575. The van der Waals surface area contributed by atoms with Crippen molar-refractivity contribution in [2.24, 2.45) is 5.92 Å². The zero-order chi connectivity index (χ0) is 18.2. The van der Waals surface area contributed by atoms with E-state index in [-0.39, 0.29) is 11.8 Å². The van der Waals surface area contributed by atoms with Crippen molar-refractivity contribution in [2.45, 2.75) is 64.3 Å². The van der Waals surface area contributed by atoms with Gasteiger partial charge in [0, 0.05) is 18.9 Å². The number of nitrogens with one attached hydrogen (secondary N) is 1. The highest BCUT2D eigenvalue weighted by Crippen LogP contribution is 2.23. The van der Waals surface area contributed by atoms with Crippen LogP contribution in [-0.2, 0) is 17.8 Å². The van der Waals surface area contributed by atoms with Gasteiger partial charge in [-0.2, -0.15) is 0 Å². The van der Waals surface area contributed by atoms with Crippen LogP contribution in [0.5, 0.6) is 0 Å². The Bertz CT molecular complexity index is 765. The summed E-state index contributed by atoms with van der Waals surface area (Å²) in [6, 6.07) is 8.14. The second kappa shape index (κ2) is 9.43. The van der Waals surface area contributed by atoms with Crippen LogP contribution in [0.15, 0.2) is 24.3 Å². The molecular formula is C22H29N3O. The first kappa shape index (κ1) is 18.5. The Morgan fingerprint density at radius 3 is 2.81 bits per heavy atom. The smallest absolute Gasteiger partial charge is 0.223 e. The number of aromatic nitrogens is 2. The van der Waals surface area contributed by atoms with E-state index in [9.17, 15) is 4.79 Å². The Morgan fingerprint density at radius 1 is 1.19 bits per heavy atom. The summed E-state index contributed by atoms with van der Waals surface area (Å²) in [5.41, 5.74) is 2.12. The number of carbonyl (C=O) groups is 1. The molecule has 1 aliphatic carbocycles. The van der Waals surface area contributed by atoms with Crippen LogP contribution in [0.4, 0.5) is 0 Å². The molecule has 0 saturated heterocycles. The first-order valence-electron chi connectivity index (χ1n) is 9.95. The number of amides is 1. The van der Waals surface area contributed by atoms with Gasteiger partial charge >= 0.3 is 0 Å². The molecule has 0 bridgehead atoms. The first-order chi connectivity index (χ1) is 12.8. The monoisotopic (exact) mass is 351 g/mol. The van der Waals surface area contributed by atoms with Crippen LogP contribution in [-0.4, -0.2) is 22.0 Å². The summed E-state index contributed by atoms with van der Waals surface area (Å²) in [6.45, 7) is 1.35. The van der Waals surface area contributed by atoms with E-state index in [4.69, 9.17) is 11.4 Å². The number of nitrogens with zero attached hydrogens (tertiary/aromatic N) is 2. The van der Waals surface area contributed by atoms with Crippen LogP contribution >= 0.6 is 0 Å². The minimum absolute atomic E-state index is 0.257. The number of unbranched alkanes of at least 4 members (excludes halogenated alkanes) is 2. The molecule has 1 heterocycles. The summed E-state index contributed by atoms with van der Waals surface area (Å²) in [5, 5.41) is 3.12. The number of para-hydroxylation sites is 2. The number of hydrogen-bond donors (Lipinski definition) is 1. The summed E-state index contributed by atoms with van der Waals surface area (Å²) >= 11 is 0. The topological polar surface area (TPSA) is 46.9 Å². The van der Waals surface area contributed by atoms with E-state index in [1.165, 1.54) is 19.3 Å². The molecule has 2 aromatic rings. The average molecular weight is 351 g/mol. The van der Waals surface area contributed by atoms with Crippen LogP contribution in [0.2, 0.25) is 0 Å². The molecule has 1 saturated carbocycles. The van der Waals surface area contributed by atoms with Gasteiger partial charge in [-0.25, -0.2) is 4.98 Å². The Hall–Kier alpha value is -2.28. The molecule has 1 aromatic carbocycles. The Balaban J connectivity index is 1.41. The molecule has 0 spiro atoms. The number of carbonyl (C=O) groups excluding carboxylic acids is 1. The van der Waals surface area contributed by atoms with E-state index >= 15 is 0 Å². The van der Waals surface area contributed by atoms with Gasteiger partial charge in [0.05, 0.1) is 17.6 Å². The lowest BCUT2D eigenvalue weighted by Gasteiger charge is -2.20. The third-order valence-electron chi connectivity index (χ3n) is 5.34. The highest BCUT2D eigenvalue weighted by atomic mass is 16.1. The largest absolute Gasteiger partial charge is 0.356 e. The number of benzene rings is 1. The van der Waals surface area contributed by atoms with E-state index < -0.39 is 0 Å². The first-order valence-corrected chi connectivity index (χ1v) is 9.95. The van der Waals surface area contributed by atoms with Gasteiger partial charge in [-0.05, 0) is 37.8 Å². The van der Waals surface area contributed by atoms with Gasteiger partial charge in [-0.15, -0.1) is 6.42 Å². The summed E-state index contributed by atoms with van der Waals surface area (Å²) in [6.07, 6.45) is 15.4. The molecule has 1 aliphatic rings. The zero-order valence-electron chi connectivity index (χ0n) is 15.5. The summed E-state index contributed by atoms with van der Waals surface area (Å²) in [7, 11) is 0. The highest BCUT2D eigenvalue weighted by Gasteiger charge is 2.20. The number of fused-ring (bicyclic) bond motifs is 1. The third kappa shape index (κ3) is 4.66. The number of imidazole rings is 1. The summed E-state index contributed by atoms with van der Waals surface area (Å²) < 4.78 is 2.14. The lowest BCUT2D eigenvalue weighted by atomic mass is 9.89. The van der Waals surface area contributed by atoms with E-state index in [0.29, 0.717) is 6.54 Å². The fraction of sp³-hybridized carbons (Fsp3) is 0.545. The molecule has 1 amide bonds. The molecule has 4 nitrogen and oxygen atoms in total. The lowest BCUT2D eigenvalue weighted by Crippen LogP contribution is -2.32. The Kier molecular flexibility index (Phi) is 6.71. The molecule has 138 valence electrons. The maximum Gasteiger partial charge on any atom is 0.223 e. The molecule has 0 radical (unpaired) electrons. The molecule has 4 heteroatoms. The van der Waals surface area contributed by atoms with Gasteiger partial charge in [-0.3, -0.25) is 4.79 Å². The van der Waals surface area contributed by atoms with E-state index in [1.807, 2.05) is 18.2 Å².